The maximum atomic E-state index is 11.2. The van der Waals surface area contributed by atoms with Crippen molar-refractivity contribution in [3.8, 4) is 12.3 Å². The third-order valence-electron chi connectivity index (χ3n) is 10.3. The number of terminal acetylenes is 1. The fourth-order valence-corrected chi connectivity index (χ4v) is 9.68. The van der Waals surface area contributed by atoms with Gasteiger partial charge >= 0.3 is 0 Å². The molecule has 4 aliphatic carbocycles. The number of aliphatic hydroxyl groups is 1. The van der Waals surface area contributed by atoms with Crippen LogP contribution in [-0.2, 0) is 6.42 Å². The van der Waals surface area contributed by atoms with Crippen molar-refractivity contribution in [2.24, 2.45) is 28.6 Å². The first-order valence-electron chi connectivity index (χ1n) is 12.6. The first kappa shape index (κ1) is 20.3. The number of rotatable bonds is 1. The smallest absolute Gasteiger partial charge is 0.186 e. The number of hydrogen-bond donors (Lipinski definition) is 1. The van der Waals surface area contributed by atoms with Gasteiger partial charge in [-0.1, -0.05) is 37.2 Å². The Morgan fingerprint density at radius 1 is 1.13 bits per heavy atom. The number of piperidine rings is 1. The highest BCUT2D eigenvalue weighted by Gasteiger charge is 2.63. The summed E-state index contributed by atoms with van der Waals surface area (Å²) in [7, 11) is 0. The van der Waals surface area contributed by atoms with E-state index < -0.39 is 5.60 Å². The van der Waals surface area contributed by atoms with Crippen LogP contribution in [-0.4, -0.2) is 28.8 Å². The van der Waals surface area contributed by atoms with Crippen molar-refractivity contribution in [2.75, 3.05) is 18.0 Å². The van der Waals surface area contributed by atoms with E-state index in [9.17, 15) is 5.11 Å². The van der Waals surface area contributed by atoms with Crippen molar-refractivity contribution < 1.29 is 5.11 Å². The molecule has 3 nitrogen and oxygen atoms in total. The summed E-state index contributed by atoms with van der Waals surface area (Å²) in [4.78, 5) is 9.17. The van der Waals surface area contributed by atoms with Crippen LogP contribution in [0.3, 0.4) is 0 Å². The molecule has 2 saturated carbocycles. The molecule has 0 aromatic carbocycles. The van der Waals surface area contributed by atoms with E-state index in [1.807, 2.05) is 11.3 Å². The van der Waals surface area contributed by atoms with Gasteiger partial charge in [-0.05, 0) is 93.0 Å². The van der Waals surface area contributed by atoms with E-state index in [4.69, 9.17) is 11.4 Å². The molecule has 0 amide bonds. The molecule has 6 atom stereocenters. The molecule has 1 aromatic rings. The molecule has 1 aromatic heterocycles. The van der Waals surface area contributed by atoms with Crippen molar-refractivity contribution >= 4 is 22.0 Å². The van der Waals surface area contributed by atoms with Crippen LogP contribution >= 0.6 is 11.3 Å². The summed E-state index contributed by atoms with van der Waals surface area (Å²) in [6.45, 7) is 7.18. The van der Waals surface area contributed by atoms with Crippen molar-refractivity contribution in [3.05, 3.63) is 16.6 Å². The average molecular weight is 437 g/mol. The van der Waals surface area contributed by atoms with Gasteiger partial charge < -0.3 is 10.0 Å². The number of aromatic nitrogens is 1. The fourth-order valence-electron chi connectivity index (χ4n) is 8.34. The maximum Gasteiger partial charge on any atom is 0.186 e. The van der Waals surface area contributed by atoms with Gasteiger partial charge in [0.05, 0.1) is 10.6 Å². The number of hydrogen-bond acceptors (Lipinski definition) is 4. The van der Waals surface area contributed by atoms with Crippen LogP contribution in [0.25, 0.3) is 5.57 Å². The number of allylic oxidation sites excluding steroid dienone is 2. The second-order valence-corrected chi connectivity index (χ2v) is 12.4. The number of aryl methyl sites for hydroxylation is 1. The number of nitrogens with zero attached hydrogens (tertiary/aromatic N) is 2. The lowest BCUT2D eigenvalue weighted by Crippen LogP contribution is -2.53. The normalized spacial score (nSPS) is 43.9. The Morgan fingerprint density at radius 2 is 1.90 bits per heavy atom. The second kappa shape index (κ2) is 6.84. The third kappa shape index (κ3) is 2.66. The zero-order valence-corrected chi connectivity index (χ0v) is 19.9. The van der Waals surface area contributed by atoms with Crippen LogP contribution in [0.15, 0.2) is 6.08 Å². The average Bonchev–Trinajstić information content (AvgIpc) is 3.33. The molecule has 1 aliphatic heterocycles. The van der Waals surface area contributed by atoms with Gasteiger partial charge in [0, 0.05) is 18.5 Å². The highest BCUT2D eigenvalue weighted by atomic mass is 32.1. The van der Waals surface area contributed by atoms with Gasteiger partial charge in [-0.2, -0.15) is 0 Å². The standard InChI is InChI=1S/C27H36N2OS/c1-4-27(30)15-11-20-18-8-9-21-23-22(28-24(31-23)29-16-6-5-7-17-29)12-13-25(21,2)19(18)10-14-26(20,27)3/h1,9,18-20,30H,5-8,10-17H2,2-3H3/t18-,19+,20+,25-,26+,27+/m1/s1. The summed E-state index contributed by atoms with van der Waals surface area (Å²) in [6, 6.07) is 0. The lowest BCUT2D eigenvalue weighted by atomic mass is 9.47. The van der Waals surface area contributed by atoms with E-state index in [2.05, 4.69) is 30.7 Å². The summed E-state index contributed by atoms with van der Waals surface area (Å²) in [5.41, 5.74) is 2.19. The molecule has 0 radical (unpaired) electrons. The Bertz CT molecular complexity index is 968. The lowest BCUT2D eigenvalue weighted by molar-refractivity contribution is -0.0886. The molecule has 0 unspecified atom stereocenters. The van der Waals surface area contributed by atoms with Gasteiger partial charge in [0.2, 0.25) is 0 Å². The van der Waals surface area contributed by atoms with E-state index in [1.165, 1.54) is 60.9 Å². The molecule has 2 heterocycles. The molecule has 1 N–H and O–H groups in total. The molecule has 0 bridgehead atoms. The first-order chi connectivity index (χ1) is 14.9. The largest absolute Gasteiger partial charge is 0.377 e. The SMILES string of the molecule is C#C[C@]1(O)CC[C@H]2[C@@H]3CC=C4c5sc(N6CCCCC6)nc5CC[C@]4(C)[C@H]3CC[C@@]21C. The zero-order chi connectivity index (χ0) is 21.4. The Labute approximate surface area is 191 Å². The van der Waals surface area contributed by atoms with Crippen molar-refractivity contribution in [2.45, 2.75) is 83.7 Å². The Hall–Kier alpha value is -1.31. The summed E-state index contributed by atoms with van der Waals surface area (Å²) in [5, 5.41) is 12.5. The highest BCUT2D eigenvalue weighted by molar-refractivity contribution is 7.16. The third-order valence-corrected chi connectivity index (χ3v) is 11.5. The van der Waals surface area contributed by atoms with Gasteiger partial charge in [-0.15, -0.1) is 6.42 Å². The Morgan fingerprint density at radius 3 is 2.68 bits per heavy atom. The molecule has 5 aliphatic rings. The van der Waals surface area contributed by atoms with Crippen LogP contribution in [0.1, 0.15) is 82.2 Å². The molecular formula is C27H36N2OS. The topological polar surface area (TPSA) is 36.4 Å². The second-order valence-electron chi connectivity index (χ2n) is 11.5. The van der Waals surface area contributed by atoms with Crippen molar-refractivity contribution in [3.63, 3.8) is 0 Å². The molecule has 4 heteroatoms. The zero-order valence-electron chi connectivity index (χ0n) is 19.1. The Balaban J connectivity index is 1.35. The Kier molecular flexibility index (Phi) is 4.48. The molecule has 6 rings (SSSR count). The van der Waals surface area contributed by atoms with Crippen LogP contribution in [0.4, 0.5) is 5.13 Å². The van der Waals surface area contributed by atoms with Crippen LogP contribution in [0, 0.1) is 40.9 Å². The molecule has 0 spiro atoms. The molecule has 3 fully saturated rings. The van der Waals surface area contributed by atoms with Crippen molar-refractivity contribution in [1.82, 2.24) is 4.98 Å². The van der Waals surface area contributed by atoms with E-state index in [0.29, 0.717) is 17.8 Å². The first-order valence-corrected chi connectivity index (χ1v) is 13.4. The van der Waals surface area contributed by atoms with Crippen LogP contribution < -0.4 is 4.90 Å². The predicted molar refractivity (Wildman–Crippen MR) is 128 cm³/mol. The van der Waals surface area contributed by atoms with Gasteiger partial charge in [0.15, 0.2) is 5.13 Å². The van der Waals surface area contributed by atoms with Crippen LogP contribution in [0.5, 0.6) is 0 Å². The molecule has 1 saturated heterocycles. The quantitative estimate of drug-likeness (QED) is 0.575. The summed E-state index contributed by atoms with van der Waals surface area (Å²) >= 11 is 1.97. The minimum Gasteiger partial charge on any atom is -0.377 e. The number of fused-ring (bicyclic) bond motifs is 7. The van der Waals surface area contributed by atoms with Gasteiger partial charge in [-0.3, -0.25) is 0 Å². The van der Waals surface area contributed by atoms with E-state index in [-0.39, 0.29) is 10.8 Å². The molecule has 166 valence electrons. The minimum absolute atomic E-state index is 0.115. The van der Waals surface area contributed by atoms with Crippen molar-refractivity contribution in [1.29, 1.82) is 0 Å². The summed E-state index contributed by atoms with van der Waals surface area (Å²) < 4.78 is 0. The summed E-state index contributed by atoms with van der Waals surface area (Å²) in [5.74, 6) is 4.73. The fraction of sp³-hybridized carbons (Fsp3) is 0.741. The van der Waals surface area contributed by atoms with Gasteiger partial charge in [0.1, 0.15) is 5.60 Å². The predicted octanol–water partition coefficient (Wildman–Crippen LogP) is 5.68. The van der Waals surface area contributed by atoms with E-state index >= 15 is 0 Å². The van der Waals surface area contributed by atoms with Gasteiger partial charge in [0.25, 0.3) is 0 Å². The van der Waals surface area contributed by atoms with E-state index in [1.54, 1.807) is 5.57 Å². The molecule has 31 heavy (non-hydrogen) atoms. The number of anilines is 1. The maximum absolute atomic E-state index is 11.2. The highest BCUT2D eigenvalue weighted by Crippen LogP contribution is 2.68. The monoisotopic (exact) mass is 436 g/mol. The lowest BCUT2D eigenvalue weighted by Gasteiger charge is -2.57. The van der Waals surface area contributed by atoms with Crippen LogP contribution in [0.2, 0.25) is 0 Å². The number of thiazole rings is 1. The van der Waals surface area contributed by atoms with Gasteiger partial charge in [-0.25, -0.2) is 4.98 Å². The minimum atomic E-state index is -0.908. The van der Waals surface area contributed by atoms with E-state index in [0.717, 1.165) is 32.1 Å². The summed E-state index contributed by atoms with van der Waals surface area (Å²) in [6.07, 6.45) is 20.0. The molecular weight excluding hydrogens is 400 g/mol.